The fraction of sp³-hybridized carbons (Fsp3) is 0.364. The normalized spacial score (nSPS) is 18.2. The van der Waals surface area contributed by atoms with E-state index in [1.54, 1.807) is 12.2 Å². The molecule has 1 aliphatic rings. The molecular formula is C11H15BrN2O. The van der Waals surface area contributed by atoms with Crippen LogP contribution >= 0.6 is 15.9 Å². The molecule has 1 saturated carbocycles. The van der Waals surface area contributed by atoms with Crippen molar-refractivity contribution < 1.29 is 4.79 Å². The van der Waals surface area contributed by atoms with Gasteiger partial charge in [-0.15, -0.1) is 0 Å². The van der Waals surface area contributed by atoms with Crippen LogP contribution in [-0.2, 0) is 4.79 Å². The van der Waals surface area contributed by atoms with E-state index in [9.17, 15) is 4.79 Å². The number of nitrogens with two attached hydrogens (primary N) is 1. The van der Waals surface area contributed by atoms with E-state index in [-0.39, 0.29) is 11.8 Å². The molecule has 0 saturated heterocycles. The molecule has 1 amide bonds. The number of carbonyl (C=O) groups excluding carboxylic acids is 1. The number of amides is 1. The van der Waals surface area contributed by atoms with Crippen LogP contribution in [0.4, 0.5) is 0 Å². The lowest BCUT2D eigenvalue weighted by Gasteiger charge is -2.24. The maximum absolute atomic E-state index is 11.6. The average Bonchev–Trinajstić information content (AvgIpc) is 2.13. The molecule has 0 aromatic heterocycles. The zero-order valence-corrected chi connectivity index (χ0v) is 10.1. The van der Waals surface area contributed by atoms with Gasteiger partial charge in [-0.3, -0.25) is 4.79 Å². The van der Waals surface area contributed by atoms with Crippen LogP contribution in [0.25, 0.3) is 0 Å². The SMILES string of the molecule is C=C/C(Br)=C\C(=C/N)NC(=O)C1CCC1. The van der Waals surface area contributed by atoms with Crippen molar-refractivity contribution in [1.29, 1.82) is 0 Å². The van der Waals surface area contributed by atoms with E-state index in [0.29, 0.717) is 5.70 Å². The van der Waals surface area contributed by atoms with Gasteiger partial charge in [-0.2, -0.15) is 0 Å². The van der Waals surface area contributed by atoms with E-state index < -0.39 is 0 Å². The molecule has 4 heteroatoms. The predicted molar refractivity (Wildman–Crippen MR) is 65.0 cm³/mol. The molecule has 3 nitrogen and oxygen atoms in total. The van der Waals surface area contributed by atoms with Crippen LogP contribution in [0, 0.1) is 5.92 Å². The molecule has 0 spiro atoms. The minimum absolute atomic E-state index is 0.0542. The molecule has 0 bridgehead atoms. The van der Waals surface area contributed by atoms with Gasteiger partial charge >= 0.3 is 0 Å². The van der Waals surface area contributed by atoms with Gasteiger partial charge in [0, 0.05) is 16.6 Å². The molecule has 1 aliphatic carbocycles. The van der Waals surface area contributed by atoms with E-state index in [1.165, 1.54) is 6.20 Å². The quantitative estimate of drug-likeness (QED) is 0.770. The molecular weight excluding hydrogens is 256 g/mol. The topological polar surface area (TPSA) is 55.1 Å². The van der Waals surface area contributed by atoms with Gasteiger partial charge in [0.1, 0.15) is 0 Å². The monoisotopic (exact) mass is 270 g/mol. The first-order valence-corrected chi connectivity index (χ1v) is 5.69. The lowest BCUT2D eigenvalue weighted by atomic mass is 9.85. The Morgan fingerprint density at radius 2 is 2.20 bits per heavy atom. The Labute approximate surface area is 98.2 Å². The Balaban J connectivity index is 2.53. The lowest BCUT2D eigenvalue weighted by molar-refractivity contribution is -0.126. The minimum atomic E-state index is 0.0542. The van der Waals surface area contributed by atoms with Crippen molar-refractivity contribution in [2.45, 2.75) is 19.3 Å². The lowest BCUT2D eigenvalue weighted by Crippen LogP contribution is -2.33. The first-order valence-electron chi connectivity index (χ1n) is 4.89. The van der Waals surface area contributed by atoms with Gasteiger partial charge in [-0.25, -0.2) is 0 Å². The van der Waals surface area contributed by atoms with Crippen LogP contribution in [-0.4, -0.2) is 5.91 Å². The highest BCUT2D eigenvalue weighted by atomic mass is 79.9. The second-order valence-corrected chi connectivity index (χ2v) is 4.39. The minimum Gasteiger partial charge on any atom is -0.403 e. The first kappa shape index (κ1) is 12.0. The predicted octanol–water partition coefficient (Wildman–Crippen LogP) is 2.17. The molecule has 0 aromatic rings. The standard InChI is InChI=1S/C11H15BrN2O/c1-2-9(12)6-10(7-13)14-11(15)8-4-3-5-8/h2,6-8H,1,3-5,13H2,(H,14,15)/b9-6+,10-7+. The Bertz CT molecular complexity index is 317. The number of allylic oxidation sites excluding steroid dienone is 3. The van der Waals surface area contributed by atoms with Crippen LogP contribution in [0.3, 0.4) is 0 Å². The van der Waals surface area contributed by atoms with Crippen molar-refractivity contribution >= 4 is 21.8 Å². The number of hydrogen-bond donors (Lipinski definition) is 2. The van der Waals surface area contributed by atoms with Gasteiger partial charge < -0.3 is 11.1 Å². The van der Waals surface area contributed by atoms with Gasteiger partial charge in [-0.1, -0.05) is 35.0 Å². The summed E-state index contributed by atoms with van der Waals surface area (Å²) in [5.74, 6) is 0.217. The van der Waals surface area contributed by atoms with Crippen LogP contribution in [0.2, 0.25) is 0 Å². The fourth-order valence-corrected chi connectivity index (χ4v) is 1.49. The third-order valence-electron chi connectivity index (χ3n) is 2.41. The Morgan fingerprint density at radius 1 is 1.53 bits per heavy atom. The van der Waals surface area contributed by atoms with Crippen molar-refractivity contribution in [3.8, 4) is 0 Å². The van der Waals surface area contributed by atoms with Crippen molar-refractivity contribution in [2.24, 2.45) is 11.7 Å². The molecule has 0 aliphatic heterocycles. The van der Waals surface area contributed by atoms with E-state index in [0.717, 1.165) is 23.7 Å². The highest BCUT2D eigenvalue weighted by Gasteiger charge is 2.25. The molecule has 15 heavy (non-hydrogen) atoms. The Hall–Kier alpha value is -1.03. The summed E-state index contributed by atoms with van der Waals surface area (Å²) >= 11 is 3.27. The van der Waals surface area contributed by atoms with E-state index in [4.69, 9.17) is 5.73 Å². The van der Waals surface area contributed by atoms with Gasteiger partial charge in [0.25, 0.3) is 0 Å². The largest absolute Gasteiger partial charge is 0.403 e. The number of halogens is 1. The molecule has 0 heterocycles. The maximum atomic E-state index is 11.6. The summed E-state index contributed by atoms with van der Waals surface area (Å²) in [4.78, 5) is 11.6. The van der Waals surface area contributed by atoms with Gasteiger partial charge in [-0.05, 0) is 18.9 Å². The Kier molecular flexibility index (Phi) is 4.62. The van der Waals surface area contributed by atoms with Crippen LogP contribution in [0.1, 0.15) is 19.3 Å². The van der Waals surface area contributed by atoms with E-state index in [1.807, 2.05) is 0 Å². The van der Waals surface area contributed by atoms with Crippen LogP contribution in [0.15, 0.2) is 35.1 Å². The zero-order valence-electron chi connectivity index (χ0n) is 8.50. The van der Waals surface area contributed by atoms with Crippen molar-refractivity contribution in [1.82, 2.24) is 5.32 Å². The molecule has 1 fully saturated rings. The van der Waals surface area contributed by atoms with E-state index in [2.05, 4.69) is 27.8 Å². The number of nitrogens with one attached hydrogen (secondary N) is 1. The molecule has 1 rings (SSSR count). The summed E-state index contributed by atoms with van der Waals surface area (Å²) in [6.07, 6.45) is 7.85. The van der Waals surface area contributed by atoms with Gasteiger partial charge in [0.2, 0.25) is 5.91 Å². The molecule has 0 radical (unpaired) electrons. The Morgan fingerprint density at radius 3 is 2.60 bits per heavy atom. The summed E-state index contributed by atoms with van der Waals surface area (Å²) in [5, 5.41) is 2.78. The summed E-state index contributed by atoms with van der Waals surface area (Å²) in [6.45, 7) is 3.59. The second-order valence-electron chi connectivity index (χ2n) is 3.47. The summed E-state index contributed by atoms with van der Waals surface area (Å²) in [5.41, 5.74) is 6.00. The summed E-state index contributed by atoms with van der Waals surface area (Å²) in [7, 11) is 0. The van der Waals surface area contributed by atoms with Crippen LogP contribution in [0.5, 0.6) is 0 Å². The number of hydrogen-bond acceptors (Lipinski definition) is 2. The zero-order chi connectivity index (χ0) is 11.3. The number of rotatable bonds is 4. The molecule has 82 valence electrons. The molecule has 3 N–H and O–H groups in total. The highest BCUT2D eigenvalue weighted by molar-refractivity contribution is 9.11. The van der Waals surface area contributed by atoms with Crippen LogP contribution < -0.4 is 11.1 Å². The molecule has 0 aromatic carbocycles. The second kappa shape index (κ2) is 5.75. The fourth-order valence-electron chi connectivity index (χ4n) is 1.25. The summed E-state index contributed by atoms with van der Waals surface area (Å²) < 4.78 is 0.785. The third kappa shape index (κ3) is 3.55. The smallest absolute Gasteiger partial charge is 0.227 e. The number of carbonyl (C=O) groups is 1. The van der Waals surface area contributed by atoms with Crippen molar-refractivity contribution in [3.63, 3.8) is 0 Å². The highest BCUT2D eigenvalue weighted by Crippen LogP contribution is 2.26. The van der Waals surface area contributed by atoms with Gasteiger partial charge in [0.15, 0.2) is 0 Å². The molecule has 0 atom stereocenters. The third-order valence-corrected chi connectivity index (χ3v) is 2.96. The maximum Gasteiger partial charge on any atom is 0.227 e. The first-order chi connectivity index (χ1) is 7.17. The van der Waals surface area contributed by atoms with Crippen molar-refractivity contribution in [3.05, 3.63) is 35.1 Å². The van der Waals surface area contributed by atoms with Crippen molar-refractivity contribution in [2.75, 3.05) is 0 Å². The average molecular weight is 271 g/mol. The molecule has 0 unspecified atom stereocenters. The van der Waals surface area contributed by atoms with Gasteiger partial charge in [0.05, 0.1) is 5.70 Å². The van der Waals surface area contributed by atoms with E-state index >= 15 is 0 Å². The summed E-state index contributed by atoms with van der Waals surface area (Å²) in [6, 6.07) is 0.